The van der Waals surface area contributed by atoms with Crippen LogP contribution in [0.1, 0.15) is 0 Å². The number of methoxy groups -OCH3 is 2. The van der Waals surface area contributed by atoms with Gasteiger partial charge in [-0.15, -0.1) is 11.3 Å². The van der Waals surface area contributed by atoms with E-state index in [1.807, 2.05) is 0 Å². The van der Waals surface area contributed by atoms with E-state index in [0.29, 0.717) is 32.6 Å². The number of anilines is 1. The summed E-state index contributed by atoms with van der Waals surface area (Å²) in [6.45, 7) is 0. The molecule has 0 N–H and O–H groups in total. The molecule has 0 amide bonds. The number of benzene rings is 2. The second kappa shape index (κ2) is 8.81. The van der Waals surface area contributed by atoms with Gasteiger partial charge in [-0.3, -0.25) is 4.31 Å². The van der Waals surface area contributed by atoms with Crippen molar-refractivity contribution in [1.82, 2.24) is 10.1 Å². The Kier molecular flexibility index (Phi) is 6.09. The number of rotatable bonds is 7. The van der Waals surface area contributed by atoms with Crippen LogP contribution in [0.15, 0.2) is 63.3 Å². The van der Waals surface area contributed by atoms with E-state index in [1.165, 1.54) is 28.8 Å². The van der Waals surface area contributed by atoms with E-state index in [9.17, 15) is 8.42 Å². The molecule has 0 saturated heterocycles. The second-order valence-electron chi connectivity index (χ2n) is 6.59. The maximum atomic E-state index is 13.3. The summed E-state index contributed by atoms with van der Waals surface area (Å²) in [5.74, 6) is 1.50. The van der Waals surface area contributed by atoms with Gasteiger partial charge >= 0.3 is 0 Å². The Labute approximate surface area is 194 Å². The third-order valence-electron chi connectivity index (χ3n) is 4.69. The summed E-state index contributed by atoms with van der Waals surface area (Å²) in [5.41, 5.74) is 1.08. The lowest BCUT2D eigenvalue weighted by molar-refractivity contribution is 0.394. The van der Waals surface area contributed by atoms with Gasteiger partial charge in [-0.1, -0.05) is 16.8 Å². The van der Waals surface area contributed by atoms with Gasteiger partial charge in [-0.25, -0.2) is 8.42 Å². The molecular weight excluding hydrogens is 474 g/mol. The third-order valence-corrected chi connectivity index (χ3v) is 7.80. The van der Waals surface area contributed by atoms with Crippen molar-refractivity contribution in [2.45, 2.75) is 4.90 Å². The molecule has 0 fully saturated rings. The van der Waals surface area contributed by atoms with Crippen LogP contribution in [0.5, 0.6) is 11.5 Å². The van der Waals surface area contributed by atoms with Crippen LogP contribution in [0.2, 0.25) is 5.02 Å². The molecule has 4 rings (SSSR count). The minimum absolute atomic E-state index is 0.0679. The van der Waals surface area contributed by atoms with E-state index in [0.717, 1.165) is 0 Å². The fourth-order valence-corrected chi connectivity index (χ4v) is 5.60. The fourth-order valence-electron chi connectivity index (χ4n) is 2.96. The van der Waals surface area contributed by atoms with Gasteiger partial charge in [0.15, 0.2) is 0 Å². The molecule has 0 spiro atoms. The van der Waals surface area contributed by atoms with Gasteiger partial charge in [0.25, 0.3) is 15.9 Å². The van der Waals surface area contributed by atoms with E-state index in [-0.39, 0.29) is 16.6 Å². The molecule has 0 bridgehead atoms. The van der Waals surface area contributed by atoms with Gasteiger partial charge < -0.3 is 14.0 Å². The quantitative estimate of drug-likeness (QED) is 0.360. The lowest BCUT2D eigenvalue weighted by atomic mass is 10.2. The van der Waals surface area contributed by atoms with Crippen LogP contribution >= 0.6 is 22.9 Å². The molecule has 2 heterocycles. The molecule has 2 aromatic carbocycles. The van der Waals surface area contributed by atoms with Crippen molar-refractivity contribution < 1.29 is 22.4 Å². The van der Waals surface area contributed by atoms with Gasteiger partial charge in [0, 0.05) is 23.7 Å². The normalized spacial score (nSPS) is 11.4. The smallest absolute Gasteiger partial charge is 0.269 e. The number of nitrogens with zero attached hydrogens (tertiary/aromatic N) is 3. The van der Waals surface area contributed by atoms with Gasteiger partial charge in [0.2, 0.25) is 5.82 Å². The monoisotopic (exact) mass is 491 g/mol. The zero-order valence-corrected chi connectivity index (χ0v) is 19.7. The molecular formula is C21H18ClN3O5S2. The van der Waals surface area contributed by atoms with Crippen molar-refractivity contribution in [3.05, 3.63) is 58.9 Å². The van der Waals surface area contributed by atoms with E-state index in [1.54, 1.807) is 62.1 Å². The molecule has 0 aliphatic rings. The van der Waals surface area contributed by atoms with E-state index in [2.05, 4.69) is 10.1 Å². The maximum Gasteiger partial charge on any atom is 0.269 e. The van der Waals surface area contributed by atoms with Crippen molar-refractivity contribution >= 4 is 38.6 Å². The van der Waals surface area contributed by atoms with Gasteiger partial charge in [-0.05, 0) is 47.8 Å². The van der Waals surface area contributed by atoms with E-state index in [4.69, 9.17) is 25.6 Å². The number of aromatic nitrogens is 2. The Morgan fingerprint density at radius 3 is 2.31 bits per heavy atom. The molecule has 0 saturated carbocycles. The zero-order chi connectivity index (χ0) is 22.9. The number of thiophene rings is 1. The molecule has 4 aromatic rings. The van der Waals surface area contributed by atoms with Crippen LogP contribution in [0.25, 0.3) is 22.2 Å². The molecule has 11 heteroatoms. The summed E-state index contributed by atoms with van der Waals surface area (Å²) in [6.07, 6.45) is 0. The number of sulfonamides is 1. The average molecular weight is 492 g/mol. The minimum Gasteiger partial charge on any atom is -0.497 e. The number of halogens is 1. The highest BCUT2D eigenvalue weighted by molar-refractivity contribution is 7.93. The van der Waals surface area contributed by atoms with Crippen LogP contribution < -0.4 is 13.8 Å². The van der Waals surface area contributed by atoms with Crippen molar-refractivity contribution in [3.63, 3.8) is 0 Å². The standard InChI is InChI=1S/C21H18ClN3O5S2/c1-25(15-6-4-14(22)5-7-15)32(26,27)18-8-9-31-19(18)21-23-20(24-30-21)13-10-16(28-2)12-17(11-13)29-3/h4-12H,1-3H3. The van der Waals surface area contributed by atoms with Crippen molar-refractivity contribution in [3.8, 4) is 33.7 Å². The van der Waals surface area contributed by atoms with Crippen molar-refractivity contribution in [2.24, 2.45) is 0 Å². The highest BCUT2D eigenvalue weighted by Crippen LogP contribution is 2.36. The lowest BCUT2D eigenvalue weighted by Crippen LogP contribution is -2.26. The summed E-state index contributed by atoms with van der Waals surface area (Å²) in [4.78, 5) is 4.83. The largest absolute Gasteiger partial charge is 0.497 e. The predicted molar refractivity (Wildman–Crippen MR) is 123 cm³/mol. The summed E-state index contributed by atoms with van der Waals surface area (Å²) >= 11 is 7.11. The second-order valence-corrected chi connectivity index (χ2v) is 9.88. The first-order valence-electron chi connectivity index (χ1n) is 9.23. The first kappa shape index (κ1) is 22.1. The fraction of sp³-hybridized carbons (Fsp3) is 0.143. The number of hydrogen-bond acceptors (Lipinski definition) is 8. The highest BCUT2D eigenvalue weighted by Gasteiger charge is 2.28. The molecule has 2 aromatic heterocycles. The lowest BCUT2D eigenvalue weighted by Gasteiger charge is -2.19. The Balaban J connectivity index is 1.71. The maximum absolute atomic E-state index is 13.3. The molecule has 32 heavy (non-hydrogen) atoms. The van der Waals surface area contributed by atoms with Crippen LogP contribution in [0, 0.1) is 0 Å². The molecule has 166 valence electrons. The van der Waals surface area contributed by atoms with Crippen LogP contribution in [-0.2, 0) is 10.0 Å². The predicted octanol–water partition coefficient (Wildman–Crippen LogP) is 4.96. The Morgan fingerprint density at radius 1 is 1.03 bits per heavy atom. The minimum atomic E-state index is -3.88. The first-order valence-corrected chi connectivity index (χ1v) is 11.9. The molecule has 0 unspecified atom stereocenters. The van der Waals surface area contributed by atoms with Gasteiger partial charge in [0.1, 0.15) is 21.3 Å². The summed E-state index contributed by atoms with van der Waals surface area (Å²) in [6, 6.07) is 13.2. The third kappa shape index (κ3) is 4.16. The first-order chi connectivity index (χ1) is 15.3. The van der Waals surface area contributed by atoms with E-state index >= 15 is 0 Å². The van der Waals surface area contributed by atoms with Crippen molar-refractivity contribution in [1.29, 1.82) is 0 Å². The van der Waals surface area contributed by atoms with Gasteiger partial charge in [0.05, 0.1) is 19.9 Å². The van der Waals surface area contributed by atoms with Gasteiger partial charge in [-0.2, -0.15) is 4.98 Å². The van der Waals surface area contributed by atoms with E-state index < -0.39 is 10.0 Å². The Bertz CT molecular complexity index is 1330. The Hall–Kier alpha value is -3.08. The summed E-state index contributed by atoms with van der Waals surface area (Å²) in [5, 5.41) is 6.20. The number of hydrogen-bond donors (Lipinski definition) is 0. The average Bonchev–Trinajstić information content (AvgIpc) is 3.48. The number of ether oxygens (including phenoxy) is 2. The molecule has 0 radical (unpaired) electrons. The molecule has 0 atom stereocenters. The molecule has 0 aliphatic carbocycles. The molecule has 0 aliphatic heterocycles. The van der Waals surface area contributed by atoms with Crippen LogP contribution in [-0.4, -0.2) is 39.8 Å². The topological polar surface area (TPSA) is 94.8 Å². The summed E-state index contributed by atoms with van der Waals surface area (Å²) < 4.78 is 43.7. The molecule has 8 nitrogen and oxygen atoms in total. The van der Waals surface area contributed by atoms with Crippen LogP contribution in [0.4, 0.5) is 5.69 Å². The summed E-state index contributed by atoms with van der Waals surface area (Å²) in [7, 11) is 0.674. The highest BCUT2D eigenvalue weighted by atomic mass is 35.5. The Morgan fingerprint density at radius 2 is 1.69 bits per heavy atom. The van der Waals surface area contributed by atoms with Crippen LogP contribution in [0.3, 0.4) is 0 Å². The zero-order valence-electron chi connectivity index (χ0n) is 17.3. The SMILES string of the molecule is COc1cc(OC)cc(-c2noc(-c3sccc3S(=O)(=O)N(C)c3ccc(Cl)cc3)n2)c1. The van der Waals surface area contributed by atoms with Crippen molar-refractivity contribution in [2.75, 3.05) is 25.6 Å².